The van der Waals surface area contributed by atoms with Gasteiger partial charge in [0.25, 0.3) is 5.91 Å². The van der Waals surface area contributed by atoms with Crippen LogP contribution in [0, 0.1) is 5.41 Å². The van der Waals surface area contributed by atoms with Crippen molar-refractivity contribution in [2.75, 3.05) is 18.5 Å². The van der Waals surface area contributed by atoms with Crippen LogP contribution in [0.3, 0.4) is 0 Å². The fourth-order valence-corrected chi connectivity index (χ4v) is 5.25. The SMILES string of the molecule is CCOC(=O)C1=C(N)OC2=C(C(=O)CC(C)(C)C2)C1c1ccccc1OCC(=O)Nc1cc(Cl)cc(Cl)c1. The molecule has 0 bridgehead atoms. The maximum atomic E-state index is 13.4. The maximum absolute atomic E-state index is 13.4. The average Bonchev–Trinajstić information content (AvgIpc) is 2.80. The molecule has 0 spiro atoms. The van der Waals surface area contributed by atoms with Crippen molar-refractivity contribution in [3.05, 3.63) is 80.9 Å². The first-order valence-corrected chi connectivity index (χ1v) is 12.8. The number of carbonyl (C=O) groups excluding carboxylic acids is 3. The molecule has 1 heterocycles. The number of carbonyl (C=O) groups is 3. The summed E-state index contributed by atoms with van der Waals surface area (Å²) in [4.78, 5) is 39.1. The Kier molecular flexibility index (Phi) is 8.04. The number of amides is 1. The van der Waals surface area contributed by atoms with Crippen LogP contribution < -0.4 is 15.8 Å². The van der Waals surface area contributed by atoms with Gasteiger partial charge in [-0.1, -0.05) is 55.2 Å². The second-order valence-corrected chi connectivity index (χ2v) is 10.7. The van der Waals surface area contributed by atoms with Crippen molar-refractivity contribution in [2.24, 2.45) is 11.1 Å². The van der Waals surface area contributed by atoms with E-state index in [0.29, 0.717) is 44.8 Å². The van der Waals surface area contributed by atoms with Gasteiger partial charge in [0.2, 0.25) is 5.88 Å². The molecule has 200 valence electrons. The number of anilines is 1. The first-order chi connectivity index (χ1) is 18.0. The molecule has 38 heavy (non-hydrogen) atoms. The smallest absolute Gasteiger partial charge is 0.340 e. The summed E-state index contributed by atoms with van der Waals surface area (Å²) in [6, 6.07) is 11.5. The first-order valence-electron chi connectivity index (χ1n) is 12.1. The van der Waals surface area contributed by atoms with Crippen LogP contribution in [-0.4, -0.2) is 30.9 Å². The van der Waals surface area contributed by atoms with Crippen LogP contribution in [-0.2, 0) is 23.9 Å². The third kappa shape index (κ3) is 5.97. The molecule has 0 saturated carbocycles. The second kappa shape index (κ2) is 11.1. The zero-order chi connectivity index (χ0) is 27.6. The summed E-state index contributed by atoms with van der Waals surface area (Å²) in [5.74, 6) is -1.58. The van der Waals surface area contributed by atoms with Gasteiger partial charge in [-0.05, 0) is 36.6 Å². The van der Waals surface area contributed by atoms with Crippen molar-refractivity contribution in [1.82, 2.24) is 0 Å². The predicted octanol–water partition coefficient (Wildman–Crippen LogP) is 5.50. The Bertz CT molecular complexity index is 1340. The Morgan fingerprint density at radius 3 is 2.50 bits per heavy atom. The van der Waals surface area contributed by atoms with E-state index in [1.165, 1.54) is 0 Å². The summed E-state index contributed by atoms with van der Waals surface area (Å²) in [5.41, 5.74) is 7.18. The van der Waals surface area contributed by atoms with Crippen molar-refractivity contribution in [2.45, 2.75) is 39.5 Å². The highest BCUT2D eigenvalue weighted by Crippen LogP contribution is 2.49. The third-order valence-electron chi connectivity index (χ3n) is 6.19. The van der Waals surface area contributed by atoms with Gasteiger partial charge in [-0.25, -0.2) is 4.79 Å². The molecule has 0 radical (unpaired) electrons. The van der Waals surface area contributed by atoms with E-state index in [9.17, 15) is 14.4 Å². The van der Waals surface area contributed by atoms with E-state index < -0.39 is 17.8 Å². The molecule has 2 aromatic carbocycles. The Labute approximate surface area is 230 Å². The van der Waals surface area contributed by atoms with Crippen LogP contribution >= 0.6 is 23.2 Å². The number of benzene rings is 2. The quantitative estimate of drug-likeness (QED) is 0.430. The third-order valence-corrected chi connectivity index (χ3v) is 6.62. The largest absolute Gasteiger partial charge is 0.483 e. The molecule has 0 fully saturated rings. The lowest BCUT2D eigenvalue weighted by Gasteiger charge is -2.38. The molecule has 1 aliphatic heterocycles. The summed E-state index contributed by atoms with van der Waals surface area (Å²) in [5, 5.41) is 3.43. The second-order valence-electron chi connectivity index (χ2n) is 9.84. The van der Waals surface area contributed by atoms with Crippen molar-refractivity contribution >= 4 is 46.5 Å². The fourth-order valence-electron chi connectivity index (χ4n) is 4.72. The minimum atomic E-state index is -0.882. The molecule has 3 N–H and O–H groups in total. The monoisotopic (exact) mass is 558 g/mol. The molecule has 2 aromatic rings. The first kappa shape index (κ1) is 27.5. The van der Waals surface area contributed by atoms with Crippen molar-refractivity contribution in [1.29, 1.82) is 0 Å². The topological polar surface area (TPSA) is 117 Å². The summed E-state index contributed by atoms with van der Waals surface area (Å²) < 4.78 is 17.0. The van der Waals surface area contributed by atoms with E-state index in [0.717, 1.165) is 0 Å². The molecule has 2 aliphatic rings. The number of rotatable bonds is 7. The number of nitrogens with two attached hydrogens (primary N) is 1. The van der Waals surface area contributed by atoms with Gasteiger partial charge in [-0.15, -0.1) is 0 Å². The van der Waals surface area contributed by atoms with Crippen LogP contribution in [0.4, 0.5) is 5.69 Å². The molecule has 1 aliphatic carbocycles. The molecule has 1 unspecified atom stereocenters. The number of para-hydroxylation sites is 1. The predicted molar refractivity (Wildman–Crippen MR) is 144 cm³/mol. The molecule has 1 amide bonds. The molecule has 0 aromatic heterocycles. The van der Waals surface area contributed by atoms with Gasteiger partial charge in [0.15, 0.2) is 12.4 Å². The number of nitrogens with one attached hydrogen (secondary N) is 1. The molecule has 10 heteroatoms. The number of allylic oxidation sites excluding steroid dienone is 2. The molecule has 1 atom stereocenters. The number of halogens is 2. The van der Waals surface area contributed by atoms with Crippen LogP contribution in [0.15, 0.2) is 65.3 Å². The highest BCUT2D eigenvalue weighted by atomic mass is 35.5. The summed E-state index contributed by atoms with van der Waals surface area (Å²) in [6.07, 6.45) is 0.740. The van der Waals surface area contributed by atoms with E-state index >= 15 is 0 Å². The van der Waals surface area contributed by atoms with Crippen molar-refractivity contribution < 1.29 is 28.6 Å². The van der Waals surface area contributed by atoms with Crippen LogP contribution in [0.1, 0.15) is 45.1 Å². The highest BCUT2D eigenvalue weighted by Gasteiger charge is 2.45. The highest BCUT2D eigenvalue weighted by molar-refractivity contribution is 6.35. The summed E-state index contributed by atoms with van der Waals surface area (Å²) in [6.45, 7) is 5.37. The Hall–Kier alpha value is -3.49. The lowest BCUT2D eigenvalue weighted by molar-refractivity contribution is -0.139. The van der Waals surface area contributed by atoms with Crippen LogP contribution in [0.2, 0.25) is 10.0 Å². The zero-order valence-electron chi connectivity index (χ0n) is 21.2. The number of hydrogen-bond acceptors (Lipinski definition) is 7. The minimum absolute atomic E-state index is 0.0210. The molecular formula is C28H28Cl2N2O6. The number of ketones is 1. The Balaban J connectivity index is 1.68. The van der Waals surface area contributed by atoms with E-state index in [1.54, 1.807) is 49.4 Å². The molecule has 0 saturated heterocycles. The summed E-state index contributed by atoms with van der Waals surface area (Å²) in [7, 11) is 0. The molecule has 4 rings (SSSR count). The van der Waals surface area contributed by atoms with Crippen LogP contribution in [0.5, 0.6) is 5.75 Å². The minimum Gasteiger partial charge on any atom is -0.483 e. The zero-order valence-corrected chi connectivity index (χ0v) is 22.7. The Morgan fingerprint density at radius 2 is 1.82 bits per heavy atom. The fraction of sp³-hybridized carbons (Fsp3) is 0.321. The van der Waals surface area contributed by atoms with Gasteiger partial charge in [0.1, 0.15) is 17.1 Å². The standard InChI is InChI=1S/C28H28Cl2N2O6/c1-4-36-27(35)25-23(24-19(33)12-28(2,3)13-21(24)38-26(25)31)18-7-5-6-8-20(18)37-14-22(34)32-17-10-15(29)9-16(30)11-17/h5-11,23H,4,12-14,31H2,1-3H3,(H,32,34). The maximum Gasteiger partial charge on any atom is 0.340 e. The Morgan fingerprint density at radius 1 is 1.13 bits per heavy atom. The van der Waals surface area contributed by atoms with Gasteiger partial charge in [-0.2, -0.15) is 0 Å². The van der Waals surface area contributed by atoms with Gasteiger partial charge in [0.05, 0.1) is 12.5 Å². The number of hydrogen-bond donors (Lipinski definition) is 2. The number of esters is 1. The average molecular weight is 559 g/mol. The normalized spacial score (nSPS) is 18.4. The van der Waals surface area contributed by atoms with Crippen LogP contribution in [0.25, 0.3) is 0 Å². The van der Waals surface area contributed by atoms with E-state index in [1.807, 2.05) is 13.8 Å². The van der Waals surface area contributed by atoms with E-state index in [4.69, 9.17) is 43.1 Å². The van der Waals surface area contributed by atoms with Crippen molar-refractivity contribution in [3.8, 4) is 5.75 Å². The van der Waals surface area contributed by atoms with Gasteiger partial charge in [0, 0.05) is 39.7 Å². The van der Waals surface area contributed by atoms with E-state index in [-0.39, 0.29) is 42.3 Å². The van der Waals surface area contributed by atoms with Gasteiger partial charge >= 0.3 is 5.97 Å². The van der Waals surface area contributed by atoms with E-state index in [2.05, 4.69) is 5.32 Å². The lowest BCUT2D eigenvalue weighted by Crippen LogP contribution is -2.36. The summed E-state index contributed by atoms with van der Waals surface area (Å²) >= 11 is 12.0. The van der Waals surface area contributed by atoms with Gasteiger partial charge in [-0.3, -0.25) is 9.59 Å². The lowest BCUT2D eigenvalue weighted by atomic mass is 9.70. The molecular weight excluding hydrogens is 531 g/mol. The van der Waals surface area contributed by atoms with Gasteiger partial charge < -0.3 is 25.3 Å². The number of Topliss-reactive ketones (excluding diaryl/α,β-unsaturated/α-hetero) is 1. The molecule has 8 nitrogen and oxygen atoms in total. The number of ether oxygens (including phenoxy) is 3. The van der Waals surface area contributed by atoms with Crippen molar-refractivity contribution in [3.63, 3.8) is 0 Å².